The van der Waals surface area contributed by atoms with E-state index in [0.717, 1.165) is 19.0 Å². The van der Waals surface area contributed by atoms with Crippen LogP contribution in [0.15, 0.2) is 0 Å². The molecule has 0 fully saturated rings. The van der Waals surface area contributed by atoms with Crippen molar-refractivity contribution < 1.29 is 0 Å². The molecule has 0 heterocycles. The summed E-state index contributed by atoms with van der Waals surface area (Å²) in [6.45, 7) is 15.8. The smallest absolute Gasteiger partial charge is 0.0148 e. The fraction of sp³-hybridized carbons (Fsp3) is 1.00. The first-order valence-corrected chi connectivity index (χ1v) is 6.26. The molecule has 1 N–H and O–H groups in total. The van der Waals surface area contributed by atoms with Gasteiger partial charge in [-0.25, -0.2) is 0 Å². The van der Waals surface area contributed by atoms with Crippen molar-refractivity contribution in [3.63, 3.8) is 0 Å². The maximum Gasteiger partial charge on any atom is 0.0148 e. The Kier molecular flexibility index (Phi) is 6.46. The summed E-state index contributed by atoms with van der Waals surface area (Å²) in [6, 6.07) is 0.614. The molecule has 0 aromatic heterocycles. The maximum absolute atomic E-state index is 3.57. The van der Waals surface area contributed by atoms with Gasteiger partial charge in [-0.05, 0) is 40.2 Å². The minimum absolute atomic E-state index is 0.322. The number of nitrogens with zero attached hydrogens (tertiary/aromatic N) is 1. The van der Waals surface area contributed by atoms with Crippen molar-refractivity contribution in [2.75, 3.05) is 20.1 Å². The van der Waals surface area contributed by atoms with Crippen LogP contribution in [0.1, 0.15) is 48.0 Å². The molecule has 92 valence electrons. The van der Waals surface area contributed by atoms with Crippen molar-refractivity contribution in [1.29, 1.82) is 0 Å². The second-order valence-electron chi connectivity index (χ2n) is 5.57. The third-order valence-corrected chi connectivity index (χ3v) is 3.81. The highest BCUT2D eigenvalue weighted by atomic mass is 15.2. The summed E-state index contributed by atoms with van der Waals surface area (Å²) >= 11 is 0. The first-order valence-electron chi connectivity index (χ1n) is 6.26. The van der Waals surface area contributed by atoms with Crippen LogP contribution in [0.3, 0.4) is 0 Å². The molecule has 1 atom stereocenters. The largest absolute Gasteiger partial charge is 0.313 e. The topological polar surface area (TPSA) is 15.3 Å². The van der Waals surface area contributed by atoms with Crippen molar-refractivity contribution >= 4 is 0 Å². The molecule has 2 heteroatoms. The van der Waals surface area contributed by atoms with Crippen LogP contribution in [0.2, 0.25) is 0 Å². The molecule has 0 radical (unpaired) electrons. The average Bonchev–Trinajstić information content (AvgIpc) is 2.17. The predicted octanol–water partition coefficient (Wildman–Crippen LogP) is 2.74. The van der Waals surface area contributed by atoms with Crippen LogP contribution in [-0.2, 0) is 0 Å². The van der Waals surface area contributed by atoms with Crippen LogP contribution in [0.4, 0.5) is 0 Å². The predicted molar refractivity (Wildman–Crippen MR) is 69.3 cm³/mol. The summed E-state index contributed by atoms with van der Waals surface area (Å²) < 4.78 is 0. The molecule has 0 spiro atoms. The zero-order valence-electron chi connectivity index (χ0n) is 11.7. The molecule has 2 nitrogen and oxygen atoms in total. The van der Waals surface area contributed by atoms with E-state index in [4.69, 9.17) is 0 Å². The van der Waals surface area contributed by atoms with E-state index in [9.17, 15) is 0 Å². The zero-order valence-corrected chi connectivity index (χ0v) is 11.7. The quantitative estimate of drug-likeness (QED) is 0.701. The molecule has 0 amide bonds. The first kappa shape index (κ1) is 14.9. The zero-order chi connectivity index (χ0) is 12.1. The van der Waals surface area contributed by atoms with Gasteiger partial charge in [0.1, 0.15) is 0 Å². The normalized spacial score (nSPS) is 15.0. The van der Waals surface area contributed by atoms with E-state index in [0.29, 0.717) is 11.6 Å². The molecule has 0 bridgehead atoms. The Hall–Kier alpha value is -0.0800. The van der Waals surface area contributed by atoms with Crippen molar-refractivity contribution in [2.45, 2.75) is 59.5 Å². The van der Waals surface area contributed by atoms with Gasteiger partial charge in [-0.3, -0.25) is 4.90 Å². The number of nitrogens with one attached hydrogen (secondary N) is 1. The van der Waals surface area contributed by atoms with Crippen LogP contribution in [0.25, 0.3) is 0 Å². The van der Waals surface area contributed by atoms with Crippen molar-refractivity contribution in [3.8, 4) is 0 Å². The Morgan fingerprint density at radius 2 is 1.73 bits per heavy atom. The van der Waals surface area contributed by atoms with Crippen molar-refractivity contribution in [3.05, 3.63) is 0 Å². The van der Waals surface area contributed by atoms with Gasteiger partial charge in [0, 0.05) is 24.7 Å². The van der Waals surface area contributed by atoms with Gasteiger partial charge in [0.2, 0.25) is 0 Å². The molecule has 0 aromatic carbocycles. The third-order valence-electron chi connectivity index (χ3n) is 3.81. The van der Waals surface area contributed by atoms with Crippen molar-refractivity contribution in [1.82, 2.24) is 10.2 Å². The molecule has 0 rings (SSSR count). The fourth-order valence-corrected chi connectivity index (χ4v) is 1.27. The summed E-state index contributed by atoms with van der Waals surface area (Å²) in [7, 11) is 2.21. The number of hydrogen-bond donors (Lipinski definition) is 1. The minimum atomic E-state index is 0.322. The fourth-order valence-electron chi connectivity index (χ4n) is 1.27. The summed E-state index contributed by atoms with van der Waals surface area (Å²) in [5, 5.41) is 3.57. The van der Waals surface area contributed by atoms with Gasteiger partial charge in [-0.2, -0.15) is 0 Å². The number of rotatable bonds is 7. The second-order valence-corrected chi connectivity index (χ2v) is 5.57. The average molecular weight is 214 g/mol. The summed E-state index contributed by atoms with van der Waals surface area (Å²) in [6.07, 6.45) is 1.20. The standard InChI is InChI=1S/C13H30N2/c1-8-13(5,6)15(7)10-9-14-12(4)11(2)3/h11-12,14H,8-10H2,1-7H3. The lowest BCUT2D eigenvalue weighted by Crippen LogP contribution is -2.45. The van der Waals surface area contributed by atoms with Crippen LogP contribution in [-0.4, -0.2) is 36.6 Å². The van der Waals surface area contributed by atoms with E-state index in [-0.39, 0.29) is 0 Å². The van der Waals surface area contributed by atoms with Gasteiger partial charge in [0.05, 0.1) is 0 Å². The molecule has 15 heavy (non-hydrogen) atoms. The molecule has 1 unspecified atom stereocenters. The Morgan fingerprint density at radius 3 is 2.13 bits per heavy atom. The van der Waals surface area contributed by atoms with Gasteiger partial charge in [0.15, 0.2) is 0 Å². The Balaban J connectivity index is 3.77. The van der Waals surface area contributed by atoms with Crippen LogP contribution < -0.4 is 5.32 Å². The van der Waals surface area contributed by atoms with E-state index in [1.165, 1.54) is 6.42 Å². The van der Waals surface area contributed by atoms with Crippen LogP contribution >= 0.6 is 0 Å². The summed E-state index contributed by atoms with van der Waals surface area (Å²) in [5.74, 6) is 0.717. The Bertz CT molecular complexity index is 164. The first-order chi connectivity index (χ1) is 6.81. The molecule has 0 aliphatic rings. The van der Waals surface area contributed by atoms with Crippen LogP contribution in [0.5, 0.6) is 0 Å². The molecule has 0 aliphatic heterocycles. The van der Waals surface area contributed by atoms with E-state index < -0.39 is 0 Å². The lowest BCUT2D eigenvalue weighted by Gasteiger charge is -2.35. The van der Waals surface area contributed by atoms with Gasteiger partial charge in [-0.15, -0.1) is 0 Å². The molecule has 0 saturated carbocycles. The second kappa shape index (κ2) is 6.49. The van der Waals surface area contributed by atoms with Gasteiger partial charge in [0.25, 0.3) is 0 Å². The monoisotopic (exact) mass is 214 g/mol. The maximum atomic E-state index is 3.57. The SMILES string of the molecule is CCC(C)(C)N(C)CCNC(C)C(C)C. The molecule has 0 aliphatic carbocycles. The van der Waals surface area contributed by atoms with E-state index >= 15 is 0 Å². The Labute approximate surface area is 96.4 Å². The molecular weight excluding hydrogens is 184 g/mol. The van der Waals surface area contributed by atoms with Crippen LogP contribution in [0, 0.1) is 5.92 Å². The molecular formula is C13H30N2. The third kappa shape index (κ3) is 5.53. The van der Waals surface area contributed by atoms with Crippen molar-refractivity contribution in [2.24, 2.45) is 5.92 Å². The number of likely N-dealkylation sites (N-methyl/N-ethyl adjacent to an activating group) is 1. The van der Waals surface area contributed by atoms with Gasteiger partial charge >= 0.3 is 0 Å². The van der Waals surface area contributed by atoms with E-state index in [1.54, 1.807) is 0 Å². The van der Waals surface area contributed by atoms with Gasteiger partial charge in [-0.1, -0.05) is 20.8 Å². The molecule has 0 saturated heterocycles. The summed E-state index contributed by atoms with van der Waals surface area (Å²) in [4.78, 5) is 2.44. The number of hydrogen-bond acceptors (Lipinski definition) is 2. The minimum Gasteiger partial charge on any atom is -0.313 e. The highest BCUT2D eigenvalue weighted by Crippen LogP contribution is 2.15. The van der Waals surface area contributed by atoms with Gasteiger partial charge < -0.3 is 5.32 Å². The lowest BCUT2D eigenvalue weighted by molar-refractivity contribution is 0.150. The highest BCUT2D eigenvalue weighted by molar-refractivity contribution is 4.78. The highest BCUT2D eigenvalue weighted by Gasteiger charge is 2.20. The van der Waals surface area contributed by atoms with E-state index in [2.05, 4.69) is 58.8 Å². The summed E-state index contributed by atoms with van der Waals surface area (Å²) in [5.41, 5.74) is 0.322. The molecule has 0 aromatic rings. The van der Waals surface area contributed by atoms with E-state index in [1.807, 2.05) is 0 Å². The lowest BCUT2D eigenvalue weighted by atomic mass is 10.00. The Morgan fingerprint density at radius 1 is 1.20 bits per heavy atom.